The predicted molar refractivity (Wildman–Crippen MR) is 82.5 cm³/mol. The summed E-state index contributed by atoms with van der Waals surface area (Å²) >= 11 is 0. The lowest BCUT2D eigenvalue weighted by molar-refractivity contribution is 0.0950. The van der Waals surface area contributed by atoms with E-state index in [1.54, 1.807) is 18.2 Å². The van der Waals surface area contributed by atoms with Gasteiger partial charge in [0.1, 0.15) is 5.82 Å². The molecule has 0 saturated carbocycles. The van der Waals surface area contributed by atoms with Crippen LogP contribution in [0.15, 0.2) is 48.5 Å². The minimum absolute atomic E-state index is 0.0782. The minimum atomic E-state index is -3.35. The normalized spacial score (nSPS) is 11.0. The maximum atomic E-state index is 13.4. The standard InChI is InChI=1S/C15H15FN2O3S/c1-22(20,21)18-13-8-6-11(7-9-13)15(19)17-10-12-4-2-3-5-14(12)16/h2-9,18H,10H2,1H3,(H,17,19). The summed E-state index contributed by atoms with van der Waals surface area (Å²) in [5.41, 5.74) is 1.12. The fourth-order valence-electron chi connectivity index (χ4n) is 1.82. The van der Waals surface area contributed by atoms with E-state index in [9.17, 15) is 17.6 Å². The van der Waals surface area contributed by atoms with Crippen molar-refractivity contribution in [3.8, 4) is 0 Å². The van der Waals surface area contributed by atoms with E-state index < -0.39 is 10.0 Å². The zero-order chi connectivity index (χ0) is 16.2. The van der Waals surface area contributed by atoms with E-state index in [1.807, 2.05) is 0 Å². The lowest BCUT2D eigenvalue weighted by Gasteiger charge is -2.08. The summed E-state index contributed by atoms with van der Waals surface area (Å²) < 4.78 is 37.9. The average Bonchev–Trinajstić information content (AvgIpc) is 2.45. The largest absolute Gasteiger partial charge is 0.348 e. The molecule has 1 amide bonds. The van der Waals surface area contributed by atoms with Crippen molar-refractivity contribution in [3.05, 3.63) is 65.5 Å². The van der Waals surface area contributed by atoms with Crippen LogP contribution >= 0.6 is 0 Å². The van der Waals surface area contributed by atoms with Crippen LogP contribution in [0.1, 0.15) is 15.9 Å². The van der Waals surface area contributed by atoms with Gasteiger partial charge in [0.15, 0.2) is 0 Å². The lowest BCUT2D eigenvalue weighted by Crippen LogP contribution is -2.23. The molecule has 0 bridgehead atoms. The van der Waals surface area contributed by atoms with Gasteiger partial charge in [-0.25, -0.2) is 12.8 Å². The van der Waals surface area contributed by atoms with Crippen LogP contribution in [0.4, 0.5) is 10.1 Å². The van der Waals surface area contributed by atoms with E-state index in [4.69, 9.17) is 0 Å². The van der Waals surface area contributed by atoms with E-state index >= 15 is 0 Å². The number of hydrogen-bond acceptors (Lipinski definition) is 3. The molecule has 2 rings (SSSR count). The number of sulfonamides is 1. The molecule has 2 N–H and O–H groups in total. The van der Waals surface area contributed by atoms with Crippen molar-refractivity contribution in [2.24, 2.45) is 0 Å². The first-order valence-electron chi connectivity index (χ1n) is 6.44. The van der Waals surface area contributed by atoms with Crippen molar-refractivity contribution in [2.75, 3.05) is 11.0 Å². The van der Waals surface area contributed by atoms with E-state index in [0.717, 1.165) is 6.26 Å². The molecule has 0 atom stereocenters. The van der Waals surface area contributed by atoms with Crippen LogP contribution in [-0.2, 0) is 16.6 Å². The Hall–Kier alpha value is -2.41. The molecule has 5 nitrogen and oxygen atoms in total. The van der Waals surface area contributed by atoms with Crippen LogP contribution in [0, 0.1) is 5.82 Å². The van der Waals surface area contributed by atoms with Crippen molar-refractivity contribution in [3.63, 3.8) is 0 Å². The summed E-state index contributed by atoms with van der Waals surface area (Å²) in [7, 11) is -3.35. The molecular formula is C15H15FN2O3S. The van der Waals surface area contributed by atoms with E-state index in [-0.39, 0.29) is 18.3 Å². The molecule has 0 radical (unpaired) electrons. The van der Waals surface area contributed by atoms with Gasteiger partial charge in [-0.05, 0) is 30.3 Å². The van der Waals surface area contributed by atoms with Gasteiger partial charge in [-0.1, -0.05) is 18.2 Å². The van der Waals surface area contributed by atoms with E-state index in [1.165, 1.54) is 30.3 Å². The second-order valence-electron chi connectivity index (χ2n) is 4.73. The second kappa shape index (κ2) is 6.57. The number of carbonyl (C=O) groups is 1. The molecule has 0 aliphatic rings. The van der Waals surface area contributed by atoms with Crippen molar-refractivity contribution in [2.45, 2.75) is 6.54 Å². The number of benzene rings is 2. The Balaban J connectivity index is 2.00. The first-order chi connectivity index (χ1) is 10.3. The fraction of sp³-hybridized carbons (Fsp3) is 0.133. The maximum absolute atomic E-state index is 13.4. The summed E-state index contributed by atoms with van der Waals surface area (Å²) in [6.07, 6.45) is 1.04. The Morgan fingerprint density at radius 3 is 2.32 bits per heavy atom. The van der Waals surface area contributed by atoms with Crippen LogP contribution in [0.3, 0.4) is 0 Å². The van der Waals surface area contributed by atoms with Crippen molar-refractivity contribution >= 4 is 21.6 Å². The van der Waals surface area contributed by atoms with Gasteiger partial charge in [-0.2, -0.15) is 0 Å². The topological polar surface area (TPSA) is 75.3 Å². The number of anilines is 1. The third-order valence-corrected chi connectivity index (χ3v) is 3.45. The van der Waals surface area contributed by atoms with Crippen molar-refractivity contribution < 1.29 is 17.6 Å². The number of amides is 1. The number of halogens is 1. The van der Waals surface area contributed by atoms with Gasteiger partial charge in [-0.3, -0.25) is 9.52 Å². The van der Waals surface area contributed by atoms with Crippen molar-refractivity contribution in [1.29, 1.82) is 0 Å². The van der Waals surface area contributed by atoms with Gasteiger partial charge in [0.05, 0.1) is 6.26 Å². The van der Waals surface area contributed by atoms with Crippen LogP contribution in [0.2, 0.25) is 0 Å². The molecular weight excluding hydrogens is 307 g/mol. The Labute approximate surface area is 128 Å². The summed E-state index contributed by atoms with van der Waals surface area (Å²) in [4.78, 5) is 12.0. The quantitative estimate of drug-likeness (QED) is 0.885. The first-order valence-corrected chi connectivity index (χ1v) is 8.34. The number of nitrogens with one attached hydrogen (secondary N) is 2. The monoisotopic (exact) mass is 322 g/mol. The molecule has 0 aliphatic carbocycles. The summed E-state index contributed by atoms with van der Waals surface area (Å²) in [5, 5.41) is 2.61. The maximum Gasteiger partial charge on any atom is 0.251 e. The highest BCUT2D eigenvalue weighted by Gasteiger charge is 2.08. The molecule has 7 heteroatoms. The molecule has 0 aromatic heterocycles. The lowest BCUT2D eigenvalue weighted by atomic mass is 10.1. The Morgan fingerprint density at radius 2 is 1.73 bits per heavy atom. The van der Waals surface area contributed by atoms with Gasteiger partial charge in [-0.15, -0.1) is 0 Å². The average molecular weight is 322 g/mol. The van der Waals surface area contributed by atoms with Gasteiger partial charge in [0, 0.05) is 23.4 Å². The SMILES string of the molecule is CS(=O)(=O)Nc1ccc(C(=O)NCc2ccccc2F)cc1. The third-order valence-electron chi connectivity index (χ3n) is 2.85. The molecule has 0 saturated heterocycles. The summed E-state index contributed by atoms with van der Waals surface area (Å²) in [6, 6.07) is 12.1. The zero-order valence-corrected chi connectivity index (χ0v) is 12.7. The van der Waals surface area contributed by atoms with Crippen LogP contribution in [-0.4, -0.2) is 20.6 Å². The summed E-state index contributed by atoms with van der Waals surface area (Å²) in [5.74, 6) is -0.746. The number of carbonyl (C=O) groups excluding carboxylic acids is 1. The molecule has 2 aromatic rings. The van der Waals surface area contributed by atoms with Crippen molar-refractivity contribution in [1.82, 2.24) is 5.32 Å². The van der Waals surface area contributed by atoms with Gasteiger partial charge in [0.2, 0.25) is 10.0 Å². The highest BCUT2D eigenvalue weighted by molar-refractivity contribution is 7.92. The highest BCUT2D eigenvalue weighted by atomic mass is 32.2. The van der Waals surface area contributed by atoms with E-state index in [0.29, 0.717) is 16.8 Å². The third kappa shape index (κ3) is 4.56. The first kappa shape index (κ1) is 16.0. The second-order valence-corrected chi connectivity index (χ2v) is 6.47. The molecule has 0 spiro atoms. The molecule has 0 aliphatic heterocycles. The molecule has 0 heterocycles. The van der Waals surface area contributed by atoms with E-state index in [2.05, 4.69) is 10.0 Å². The molecule has 2 aromatic carbocycles. The molecule has 0 unspecified atom stereocenters. The Morgan fingerprint density at radius 1 is 1.09 bits per heavy atom. The summed E-state index contributed by atoms with van der Waals surface area (Å²) in [6.45, 7) is 0.0782. The Bertz CT molecular complexity index is 774. The van der Waals surface area contributed by atoms with Gasteiger partial charge >= 0.3 is 0 Å². The van der Waals surface area contributed by atoms with Crippen LogP contribution in [0.5, 0.6) is 0 Å². The van der Waals surface area contributed by atoms with Crippen LogP contribution in [0.25, 0.3) is 0 Å². The molecule has 0 fully saturated rings. The zero-order valence-electron chi connectivity index (χ0n) is 11.8. The van der Waals surface area contributed by atoms with Gasteiger partial charge in [0.25, 0.3) is 5.91 Å². The highest BCUT2D eigenvalue weighted by Crippen LogP contribution is 2.11. The molecule has 22 heavy (non-hydrogen) atoms. The van der Waals surface area contributed by atoms with Gasteiger partial charge < -0.3 is 5.32 Å². The fourth-order valence-corrected chi connectivity index (χ4v) is 2.39. The predicted octanol–water partition coefficient (Wildman–Crippen LogP) is 2.13. The number of rotatable bonds is 5. The Kier molecular flexibility index (Phi) is 4.77. The minimum Gasteiger partial charge on any atom is -0.348 e. The number of hydrogen-bond donors (Lipinski definition) is 2. The smallest absolute Gasteiger partial charge is 0.251 e. The molecule has 116 valence electrons. The van der Waals surface area contributed by atoms with Crippen LogP contribution < -0.4 is 10.0 Å².